The molecule has 2 aromatic heterocycles. The number of benzene rings is 2. The normalized spacial score (nSPS) is 12.3. The lowest BCUT2D eigenvalue weighted by atomic mass is 10.1. The molecule has 32 heavy (non-hydrogen) atoms. The molecule has 2 aromatic carbocycles. The van der Waals surface area contributed by atoms with Crippen LogP contribution in [-0.2, 0) is 17.1 Å². The highest BCUT2D eigenvalue weighted by molar-refractivity contribution is 7.98. The minimum absolute atomic E-state index is 0.0776. The first-order valence-electron chi connectivity index (χ1n) is 10.8. The Morgan fingerprint density at radius 3 is 2.66 bits per heavy atom. The summed E-state index contributed by atoms with van der Waals surface area (Å²) in [5, 5.41) is 13.0. The first kappa shape index (κ1) is 22.1. The Balaban J connectivity index is 1.71. The van der Waals surface area contributed by atoms with E-state index in [0.29, 0.717) is 11.2 Å². The van der Waals surface area contributed by atoms with Gasteiger partial charge < -0.3 is 5.32 Å². The van der Waals surface area contributed by atoms with Crippen molar-refractivity contribution in [3.8, 4) is 0 Å². The fourth-order valence-corrected chi connectivity index (χ4v) is 4.62. The van der Waals surface area contributed by atoms with E-state index in [2.05, 4.69) is 34.6 Å². The number of thioether (sulfide) groups is 1. The molecule has 2 heterocycles. The first-order valence-corrected chi connectivity index (χ1v) is 11.8. The van der Waals surface area contributed by atoms with Crippen molar-refractivity contribution >= 4 is 34.3 Å². The molecule has 1 atom stereocenters. The molecule has 0 radical (unpaired) electrons. The lowest BCUT2D eigenvalue weighted by molar-refractivity contribution is -0.121. The lowest BCUT2D eigenvalue weighted by Gasteiger charge is -2.13. The van der Waals surface area contributed by atoms with Gasteiger partial charge in [-0.2, -0.15) is 0 Å². The van der Waals surface area contributed by atoms with E-state index in [0.717, 1.165) is 22.8 Å². The predicted octanol–water partition coefficient (Wildman–Crippen LogP) is 3.95. The van der Waals surface area contributed by atoms with Crippen LogP contribution < -0.4 is 10.9 Å². The number of aryl methyl sites for hydroxylation is 2. The molecule has 0 aliphatic carbocycles. The average molecular weight is 450 g/mol. The lowest BCUT2D eigenvalue weighted by Crippen LogP contribution is -2.33. The van der Waals surface area contributed by atoms with Gasteiger partial charge in [0, 0.05) is 24.8 Å². The number of para-hydroxylation sites is 1. The molecular weight excluding hydrogens is 422 g/mol. The monoisotopic (exact) mass is 449 g/mol. The third-order valence-electron chi connectivity index (χ3n) is 5.68. The van der Waals surface area contributed by atoms with Gasteiger partial charge in [0.15, 0.2) is 5.16 Å². The van der Waals surface area contributed by atoms with Crippen molar-refractivity contribution in [3.05, 3.63) is 70.0 Å². The highest BCUT2D eigenvalue weighted by Crippen LogP contribution is 2.25. The van der Waals surface area contributed by atoms with E-state index in [1.165, 1.54) is 11.1 Å². The molecular formula is C24H27N5O2S. The van der Waals surface area contributed by atoms with Gasteiger partial charge in [0.2, 0.25) is 11.7 Å². The van der Waals surface area contributed by atoms with Crippen LogP contribution in [0.25, 0.3) is 16.7 Å². The van der Waals surface area contributed by atoms with E-state index in [9.17, 15) is 9.59 Å². The smallest absolute Gasteiger partial charge is 0.262 e. The maximum absolute atomic E-state index is 13.2. The van der Waals surface area contributed by atoms with E-state index in [1.54, 1.807) is 16.3 Å². The van der Waals surface area contributed by atoms with Crippen molar-refractivity contribution in [2.24, 2.45) is 0 Å². The molecule has 0 fully saturated rings. The van der Waals surface area contributed by atoms with Crippen LogP contribution in [0.15, 0.2) is 58.5 Å². The second-order valence-electron chi connectivity index (χ2n) is 7.93. The fraction of sp³-hybridized carbons (Fsp3) is 0.333. The van der Waals surface area contributed by atoms with Crippen molar-refractivity contribution in [1.82, 2.24) is 24.5 Å². The zero-order valence-electron chi connectivity index (χ0n) is 18.5. The predicted molar refractivity (Wildman–Crippen MR) is 128 cm³/mol. The van der Waals surface area contributed by atoms with E-state index < -0.39 is 0 Å². The van der Waals surface area contributed by atoms with Crippen LogP contribution in [0.2, 0.25) is 0 Å². The number of hydrogen-bond acceptors (Lipinski definition) is 5. The van der Waals surface area contributed by atoms with Gasteiger partial charge in [-0.3, -0.25) is 18.6 Å². The number of aromatic nitrogens is 4. The number of carbonyl (C=O) groups is 1. The van der Waals surface area contributed by atoms with E-state index in [1.807, 2.05) is 54.6 Å². The van der Waals surface area contributed by atoms with Gasteiger partial charge in [0.25, 0.3) is 5.56 Å². The third-order valence-corrected chi connectivity index (χ3v) is 6.66. The number of carbonyl (C=O) groups excluding carboxylic acids is 1. The van der Waals surface area contributed by atoms with Crippen LogP contribution in [0.1, 0.15) is 37.8 Å². The number of nitrogens with zero attached hydrogens (tertiary/aromatic N) is 4. The van der Waals surface area contributed by atoms with Crippen molar-refractivity contribution in [2.45, 2.75) is 57.1 Å². The van der Waals surface area contributed by atoms with E-state index in [4.69, 9.17) is 0 Å². The molecule has 0 aliphatic heterocycles. The molecule has 0 unspecified atom stereocenters. The van der Waals surface area contributed by atoms with Gasteiger partial charge >= 0.3 is 0 Å². The summed E-state index contributed by atoms with van der Waals surface area (Å²) < 4.78 is 3.48. The molecule has 0 spiro atoms. The molecule has 7 nitrogen and oxygen atoms in total. The zero-order chi connectivity index (χ0) is 22.7. The van der Waals surface area contributed by atoms with E-state index >= 15 is 0 Å². The van der Waals surface area contributed by atoms with Crippen molar-refractivity contribution in [1.29, 1.82) is 0 Å². The molecule has 166 valence electrons. The number of amides is 1. The largest absolute Gasteiger partial charge is 0.354 e. The topological polar surface area (TPSA) is 81.3 Å². The Morgan fingerprint density at radius 2 is 1.88 bits per heavy atom. The summed E-state index contributed by atoms with van der Waals surface area (Å²) >= 11 is 1.58. The molecule has 0 aliphatic rings. The maximum atomic E-state index is 13.2. The molecule has 1 amide bonds. The van der Waals surface area contributed by atoms with Gasteiger partial charge in [-0.05, 0) is 43.5 Å². The van der Waals surface area contributed by atoms with Crippen LogP contribution in [0, 0.1) is 6.92 Å². The summed E-state index contributed by atoms with van der Waals surface area (Å²) in [6.45, 7) is 6.33. The minimum Gasteiger partial charge on any atom is -0.354 e. The second kappa shape index (κ2) is 9.56. The summed E-state index contributed by atoms with van der Waals surface area (Å²) in [4.78, 5) is 25.5. The Morgan fingerprint density at radius 1 is 1.12 bits per heavy atom. The second-order valence-corrected chi connectivity index (χ2v) is 8.88. The number of fused-ring (bicyclic) bond motifs is 3. The van der Waals surface area contributed by atoms with Crippen LogP contribution in [0.4, 0.5) is 0 Å². The number of rotatable bonds is 8. The standard InChI is InChI=1S/C24H27N5O2S/c1-4-17(3)25-21(30)13-14-28-22(31)19-11-7-8-12-20(19)29-23(28)26-27-24(29)32-15-18-10-6-5-9-16(18)2/h5-12,17H,4,13-15H2,1-3H3,(H,25,30)/t17-/m1/s1. The van der Waals surface area contributed by atoms with Gasteiger partial charge in [0.1, 0.15) is 0 Å². The Kier molecular flexibility index (Phi) is 6.60. The molecule has 1 N–H and O–H groups in total. The van der Waals surface area contributed by atoms with Crippen molar-refractivity contribution < 1.29 is 4.79 Å². The zero-order valence-corrected chi connectivity index (χ0v) is 19.4. The molecule has 4 aromatic rings. The minimum atomic E-state index is -0.160. The van der Waals surface area contributed by atoms with Crippen LogP contribution >= 0.6 is 11.8 Å². The fourth-order valence-electron chi connectivity index (χ4n) is 3.61. The van der Waals surface area contributed by atoms with Gasteiger partial charge in [-0.15, -0.1) is 10.2 Å². The van der Waals surface area contributed by atoms with Crippen molar-refractivity contribution in [3.63, 3.8) is 0 Å². The highest BCUT2D eigenvalue weighted by atomic mass is 32.2. The van der Waals surface area contributed by atoms with Gasteiger partial charge in [-0.25, -0.2) is 0 Å². The average Bonchev–Trinajstić information content (AvgIpc) is 3.22. The first-order chi connectivity index (χ1) is 15.5. The quantitative estimate of drug-likeness (QED) is 0.412. The molecule has 4 rings (SSSR count). The molecule has 8 heteroatoms. The number of nitrogens with one attached hydrogen (secondary N) is 1. The van der Waals surface area contributed by atoms with E-state index in [-0.39, 0.29) is 30.5 Å². The Hall–Kier alpha value is -3.13. The molecule has 0 saturated heterocycles. The third kappa shape index (κ3) is 4.41. The van der Waals surface area contributed by atoms with Crippen LogP contribution in [-0.4, -0.2) is 31.1 Å². The maximum Gasteiger partial charge on any atom is 0.262 e. The molecule has 0 bridgehead atoms. The Labute approximate surface area is 190 Å². The summed E-state index contributed by atoms with van der Waals surface area (Å²) in [6.07, 6.45) is 1.06. The van der Waals surface area contributed by atoms with Crippen LogP contribution in [0.3, 0.4) is 0 Å². The van der Waals surface area contributed by atoms with Gasteiger partial charge in [0.05, 0.1) is 10.9 Å². The molecule has 0 saturated carbocycles. The summed E-state index contributed by atoms with van der Waals surface area (Å²) in [7, 11) is 0. The summed E-state index contributed by atoms with van der Waals surface area (Å²) in [5.41, 5.74) is 3.06. The van der Waals surface area contributed by atoms with Gasteiger partial charge in [-0.1, -0.05) is 55.1 Å². The summed E-state index contributed by atoms with van der Waals surface area (Å²) in [6, 6.07) is 15.8. The SMILES string of the molecule is CC[C@@H](C)NC(=O)CCn1c(=O)c2ccccc2n2c(SCc3ccccc3C)nnc12. The van der Waals surface area contributed by atoms with Crippen molar-refractivity contribution in [2.75, 3.05) is 0 Å². The van der Waals surface area contributed by atoms with Crippen LogP contribution in [0.5, 0.6) is 0 Å². The number of hydrogen-bond donors (Lipinski definition) is 1. The summed E-state index contributed by atoms with van der Waals surface area (Å²) in [5.74, 6) is 1.13. The highest BCUT2D eigenvalue weighted by Gasteiger charge is 2.18. The Bertz CT molecular complexity index is 1330.